The largest absolute Gasteiger partial charge is 0.336 e. The Morgan fingerprint density at radius 1 is 0.429 bits per heavy atom. The van der Waals surface area contributed by atoms with Crippen LogP contribution in [0.5, 0.6) is 0 Å². The molecule has 4 aromatic rings. The molecule has 0 unspecified atom stereocenters. The molecular formula is C33H42N6O3. The van der Waals surface area contributed by atoms with E-state index in [1.54, 1.807) is 0 Å². The number of likely N-dealkylation sites (N-methyl/N-ethyl adjacent to an activating group) is 3. The van der Waals surface area contributed by atoms with Gasteiger partial charge in [-0.25, -0.2) is 28.1 Å². The minimum Gasteiger partial charge on any atom is -0.300 e. The van der Waals surface area contributed by atoms with Gasteiger partial charge in [0.25, 0.3) is 0 Å². The van der Waals surface area contributed by atoms with Crippen LogP contribution in [0.3, 0.4) is 0 Å². The lowest BCUT2D eigenvalue weighted by atomic mass is 10.2. The first-order valence-electron chi connectivity index (χ1n) is 14.4. The van der Waals surface area contributed by atoms with E-state index in [9.17, 15) is 14.4 Å². The van der Waals surface area contributed by atoms with Gasteiger partial charge in [-0.3, -0.25) is 0 Å². The lowest BCUT2D eigenvalue weighted by Crippen LogP contribution is -2.56. The van der Waals surface area contributed by atoms with E-state index in [-0.39, 0.29) is 19.6 Å². The second kappa shape index (κ2) is 15.3. The first kappa shape index (κ1) is 30.9. The lowest BCUT2D eigenvalue weighted by molar-refractivity contribution is 0.275. The summed E-state index contributed by atoms with van der Waals surface area (Å²) >= 11 is 0. The molecule has 42 heavy (non-hydrogen) atoms. The highest BCUT2D eigenvalue weighted by molar-refractivity contribution is 5.15. The molecule has 1 heterocycles. The summed E-state index contributed by atoms with van der Waals surface area (Å²) in [5.41, 5.74) is 1.79. The Kier molecular flexibility index (Phi) is 11.2. The minimum atomic E-state index is -0.555. The summed E-state index contributed by atoms with van der Waals surface area (Å²) in [6.07, 6.45) is 0. The van der Waals surface area contributed by atoms with Crippen LogP contribution in [0.15, 0.2) is 105 Å². The van der Waals surface area contributed by atoms with E-state index in [0.717, 1.165) is 16.7 Å². The third-order valence-electron chi connectivity index (χ3n) is 7.39. The maximum Gasteiger partial charge on any atom is 0.336 e. The van der Waals surface area contributed by atoms with Gasteiger partial charge in [0, 0.05) is 58.9 Å². The molecule has 3 aromatic carbocycles. The van der Waals surface area contributed by atoms with E-state index in [4.69, 9.17) is 0 Å². The third-order valence-corrected chi connectivity index (χ3v) is 7.39. The molecule has 0 atom stereocenters. The van der Waals surface area contributed by atoms with Crippen LogP contribution in [0.2, 0.25) is 0 Å². The highest BCUT2D eigenvalue weighted by Gasteiger charge is 2.17. The van der Waals surface area contributed by atoms with E-state index in [1.165, 1.54) is 13.7 Å². The van der Waals surface area contributed by atoms with Gasteiger partial charge in [-0.05, 0) is 37.8 Å². The molecular weight excluding hydrogens is 528 g/mol. The van der Waals surface area contributed by atoms with Crippen molar-refractivity contribution in [3.05, 3.63) is 139 Å². The van der Waals surface area contributed by atoms with Crippen LogP contribution in [0.1, 0.15) is 16.7 Å². The van der Waals surface area contributed by atoms with E-state index in [0.29, 0.717) is 39.3 Å². The SMILES string of the molecule is CN(CCn1c(=O)n(CCN(C)Cc2ccccc2)c(=O)n(CCN(C)Cc2ccccc2)c1=O)Cc1ccccc1. The number of nitrogens with zero attached hydrogens (tertiary/aromatic N) is 6. The Morgan fingerprint density at radius 3 is 0.905 bits per heavy atom. The Bertz CT molecular complexity index is 1350. The summed E-state index contributed by atoms with van der Waals surface area (Å²) in [7, 11) is 5.89. The monoisotopic (exact) mass is 570 g/mol. The van der Waals surface area contributed by atoms with E-state index in [1.807, 2.05) is 112 Å². The van der Waals surface area contributed by atoms with Crippen molar-refractivity contribution in [1.29, 1.82) is 0 Å². The van der Waals surface area contributed by atoms with Crippen molar-refractivity contribution in [3.63, 3.8) is 0 Å². The fraction of sp³-hybridized carbons (Fsp3) is 0.364. The maximum atomic E-state index is 13.5. The van der Waals surface area contributed by atoms with Crippen molar-refractivity contribution in [3.8, 4) is 0 Å². The molecule has 0 aliphatic heterocycles. The zero-order valence-electron chi connectivity index (χ0n) is 24.9. The first-order valence-corrected chi connectivity index (χ1v) is 14.4. The fourth-order valence-corrected chi connectivity index (χ4v) is 4.99. The summed E-state index contributed by atoms with van der Waals surface area (Å²) in [5, 5.41) is 0. The Hall–Kier alpha value is -4.05. The average Bonchev–Trinajstić information content (AvgIpc) is 2.98. The highest BCUT2D eigenvalue weighted by atomic mass is 16.2. The van der Waals surface area contributed by atoms with Gasteiger partial charge >= 0.3 is 17.1 Å². The van der Waals surface area contributed by atoms with Crippen LogP contribution in [-0.4, -0.2) is 69.2 Å². The molecule has 4 rings (SSSR count). The summed E-state index contributed by atoms with van der Waals surface area (Å²) in [5.74, 6) is 0. The van der Waals surface area contributed by atoms with Gasteiger partial charge in [-0.15, -0.1) is 0 Å². The highest BCUT2D eigenvalue weighted by Crippen LogP contribution is 2.04. The summed E-state index contributed by atoms with van der Waals surface area (Å²) < 4.78 is 3.66. The van der Waals surface area contributed by atoms with E-state index in [2.05, 4.69) is 14.7 Å². The summed E-state index contributed by atoms with van der Waals surface area (Å²) in [6.45, 7) is 4.13. The Morgan fingerprint density at radius 2 is 0.667 bits per heavy atom. The van der Waals surface area contributed by atoms with Crippen molar-refractivity contribution in [1.82, 2.24) is 28.4 Å². The van der Waals surface area contributed by atoms with E-state index < -0.39 is 17.1 Å². The topological polar surface area (TPSA) is 75.7 Å². The molecule has 0 bridgehead atoms. The number of hydrogen-bond acceptors (Lipinski definition) is 6. The van der Waals surface area contributed by atoms with Gasteiger partial charge in [0.1, 0.15) is 0 Å². The molecule has 0 saturated carbocycles. The van der Waals surface area contributed by atoms with Crippen LogP contribution >= 0.6 is 0 Å². The Labute approximate surface area is 247 Å². The van der Waals surface area contributed by atoms with Crippen LogP contribution in [0, 0.1) is 0 Å². The fourth-order valence-electron chi connectivity index (χ4n) is 4.99. The molecule has 0 radical (unpaired) electrons. The maximum absolute atomic E-state index is 13.5. The normalized spacial score (nSPS) is 11.6. The van der Waals surface area contributed by atoms with Gasteiger partial charge in [0.15, 0.2) is 0 Å². The predicted octanol–water partition coefficient (Wildman–Crippen LogP) is 2.57. The van der Waals surface area contributed by atoms with Crippen molar-refractivity contribution in [2.24, 2.45) is 0 Å². The van der Waals surface area contributed by atoms with Gasteiger partial charge in [-0.2, -0.15) is 0 Å². The van der Waals surface area contributed by atoms with Crippen LogP contribution < -0.4 is 17.1 Å². The molecule has 0 aliphatic carbocycles. The second-order valence-corrected chi connectivity index (χ2v) is 11.0. The third kappa shape index (κ3) is 8.72. The molecule has 1 aromatic heterocycles. The molecule has 0 amide bonds. The van der Waals surface area contributed by atoms with Crippen LogP contribution in [-0.2, 0) is 39.3 Å². The van der Waals surface area contributed by atoms with Gasteiger partial charge < -0.3 is 14.7 Å². The quantitative estimate of drug-likeness (QED) is 0.219. The van der Waals surface area contributed by atoms with Crippen molar-refractivity contribution in [2.75, 3.05) is 40.8 Å². The standard InChI is InChI=1S/C33H42N6O3/c1-34(25-28-13-7-4-8-14-28)19-22-37-31(40)38(23-20-35(2)26-29-15-9-5-10-16-29)33(42)39(32(37)41)24-21-36(3)27-30-17-11-6-12-18-30/h4-18H,19-27H2,1-3H3. The van der Waals surface area contributed by atoms with Gasteiger partial charge in [0.2, 0.25) is 0 Å². The molecule has 0 fully saturated rings. The zero-order valence-corrected chi connectivity index (χ0v) is 24.9. The average molecular weight is 571 g/mol. The smallest absolute Gasteiger partial charge is 0.300 e. The molecule has 9 nitrogen and oxygen atoms in total. The number of hydrogen-bond donors (Lipinski definition) is 0. The van der Waals surface area contributed by atoms with Gasteiger partial charge in [-0.1, -0.05) is 91.0 Å². The van der Waals surface area contributed by atoms with Crippen molar-refractivity contribution < 1.29 is 0 Å². The molecule has 0 saturated heterocycles. The summed E-state index contributed by atoms with van der Waals surface area (Å²) in [4.78, 5) is 46.9. The molecule has 222 valence electrons. The molecule has 0 N–H and O–H groups in total. The number of aromatic nitrogens is 3. The molecule has 0 aliphatic rings. The zero-order chi connectivity index (χ0) is 29.9. The van der Waals surface area contributed by atoms with Crippen molar-refractivity contribution in [2.45, 2.75) is 39.3 Å². The predicted molar refractivity (Wildman–Crippen MR) is 168 cm³/mol. The Balaban J connectivity index is 1.53. The molecule has 0 spiro atoms. The second-order valence-electron chi connectivity index (χ2n) is 11.0. The molecule has 9 heteroatoms. The number of rotatable bonds is 15. The lowest BCUT2D eigenvalue weighted by Gasteiger charge is -2.21. The van der Waals surface area contributed by atoms with Crippen LogP contribution in [0.25, 0.3) is 0 Å². The van der Waals surface area contributed by atoms with Crippen LogP contribution in [0.4, 0.5) is 0 Å². The van der Waals surface area contributed by atoms with E-state index >= 15 is 0 Å². The minimum absolute atomic E-state index is 0.195. The van der Waals surface area contributed by atoms with Crippen molar-refractivity contribution >= 4 is 0 Å². The summed E-state index contributed by atoms with van der Waals surface area (Å²) in [6, 6.07) is 30.2. The first-order chi connectivity index (χ1) is 20.3. The number of benzene rings is 3. The van der Waals surface area contributed by atoms with Gasteiger partial charge in [0.05, 0.1) is 0 Å².